The summed E-state index contributed by atoms with van der Waals surface area (Å²) in [6.07, 6.45) is 8.39. The molecule has 1 atom stereocenters. The molecule has 88 valence electrons. The summed E-state index contributed by atoms with van der Waals surface area (Å²) >= 11 is 0. The van der Waals surface area contributed by atoms with Gasteiger partial charge in [0.2, 0.25) is 0 Å². The van der Waals surface area contributed by atoms with E-state index in [-0.39, 0.29) is 5.54 Å². The van der Waals surface area contributed by atoms with Crippen molar-refractivity contribution in [2.24, 2.45) is 0 Å². The van der Waals surface area contributed by atoms with E-state index in [1.165, 1.54) is 0 Å². The van der Waals surface area contributed by atoms with Gasteiger partial charge in [-0.15, -0.1) is 12.3 Å². The molecule has 0 saturated carbocycles. The van der Waals surface area contributed by atoms with Crippen molar-refractivity contribution < 1.29 is 0 Å². The van der Waals surface area contributed by atoms with Crippen LogP contribution in [0.1, 0.15) is 40.0 Å². The third-order valence-electron chi connectivity index (χ3n) is 3.22. The zero-order valence-electron chi connectivity index (χ0n) is 10.9. The second kappa shape index (κ2) is 6.87. The Morgan fingerprint density at radius 1 is 1.40 bits per heavy atom. The van der Waals surface area contributed by atoms with Crippen molar-refractivity contribution in [2.45, 2.75) is 51.6 Å². The lowest BCUT2D eigenvalue weighted by atomic mass is 9.89. The van der Waals surface area contributed by atoms with E-state index in [9.17, 15) is 0 Å². The van der Waals surface area contributed by atoms with E-state index >= 15 is 0 Å². The van der Waals surface area contributed by atoms with Crippen LogP contribution in [0.3, 0.4) is 0 Å². The molecule has 0 aliphatic heterocycles. The molecule has 15 heavy (non-hydrogen) atoms. The molecule has 0 amide bonds. The molecule has 0 heterocycles. The molecule has 0 aliphatic carbocycles. The Labute approximate surface area is 95.4 Å². The van der Waals surface area contributed by atoms with Gasteiger partial charge >= 0.3 is 0 Å². The van der Waals surface area contributed by atoms with E-state index in [1.54, 1.807) is 0 Å². The summed E-state index contributed by atoms with van der Waals surface area (Å²) in [5, 5.41) is 3.59. The highest BCUT2D eigenvalue weighted by Crippen LogP contribution is 2.19. The third-order valence-corrected chi connectivity index (χ3v) is 3.22. The fraction of sp³-hybridized carbons (Fsp3) is 0.846. The average molecular weight is 210 g/mol. The molecule has 0 rings (SSSR count). The van der Waals surface area contributed by atoms with Gasteiger partial charge < -0.3 is 10.2 Å². The molecule has 0 aromatic carbocycles. The molecule has 0 spiro atoms. The molecule has 0 aliphatic rings. The topological polar surface area (TPSA) is 15.3 Å². The number of rotatable bonds is 7. The van der Waals surface area contributed by atoms with Crippen LogP contribution < -0.4 is 5.32 Å². The number of hydrogen-bond donors (Lipinski definition) is 1. The highest BCUT2D eigenvalue weighted by atomic mass is 15.2. The maximum atomic E-state index is 5.33. The third kappa shape index (κ3) is 4.68. The van der Waals surface area contributed by atoms with Crippen molar-refractivity contribution in [3.63, 3.8) is 0 Å². The Balaban J connectivity index is 4.39. The minimum Gasteiger partial charge on any atom is -0.312 e. The van der Waals surface area contributed by atoms with Gasteiger partial charge in [0.05, 0.1) is 0 Å². The van der Waals surface area contributed by atoms with Crippen molar-refractivity contribution in [1.29, 1.82) is 0 Å². The molecule has 0 bridgehead atoms. The highest BCUT2D eigenvalue weighted by molar-refractivity contribution is 4.95. The Hall–Kier alpha value is -0.520. The van der Waals surface area contributed by atoms with Gasteiger partial charge in [-0.1, -0.05) is 6.92 Å². The molecule has 2 nitrogen and oxygen atoms in total. The van der Waals surface area contributed by atoms with Crippen molar-refractivity contribution in [1.82, 2.24) is 10.2 Å². The minimum absolute atomic E-state index is 0.145. The lowest BCUT2D eigenvalue weighted by molar-refractivity contribution is 0.133. The second-order valence-corrected chi connectivity index (χ2v) is 4.80. The first-order valence-corrected chi connectivity index (χ1v) is 5.81. The molecule has 0 saturated heterocycles. The normalized spacial score (nSPS) is 13.9. The standard InChI is InChI=1S/C13H26N2/c1-7-9-10-12(14-11-8-2)13(3,4)15(5)6/h1,12,14H,8-11H2,2-6H3. The van der Waals surface area contributed by atoms with Gasteiger partial charge in [0.25, 0.3) is 0 Å². The Morgan fingerprint density at radius 2 is 2.00 bits per heavy atom. The predicted octanol–water partition coefficient (Wildman–Crippen LogP) is 2.11. The molecule has 0 radical (unpaired) electrons. The van der Waals surface area contributed by atoms with Gasteiger partial charge in [-0.25, -0.2) is 0 Å². The largest absolute Gasteiger partial charge is 0.312 e. The van der Waals surface area contributed by atoms with Crippen LogP contribution in [0.25, 0.3) is 0 Å². The molecule has 1 N–H and O–H groups in total. The van der Waals surface area contributed by atoms with Crippen LogP contribution in [0.2, 0.25) is 0 Å². The molecule has 2 heteroatoms. The molecule has 0 fully saturated rings. The molecular weight excluding hydrogens is 184 g/mol. The summed E-state index contributed by atoms with van der Waals surface area (Å²) in [5.41, 5.74) is 0.145. The molecule has 1 unspecified atom stereocenters. The van der Waals surface area contributed by atoms with Crippen LogP contribution in [-0.2, 0) is 0 Å². The summed E-state index contributed by atoms with van der Waals surface area (Å²) in [4.78, 5) is 2.26. The fourth-order valence-corrected chi connectivity index (χ4v) is 1.56. The first kappa shape index (κ1) is 14.5. The van der Waals surface area contributed by atoms with Gasteiger partial charge in [-0.2, -0.15) is 0 Å². The van der Waals surface area contributed by atoms with Crippen LogP contribution >= 0.6 is 0 Å². The number of nitrogens with one attached hydrogen (secondary N) is 1. The quantitative estimate of drug-likeness (QED) is 0.647. The Bertz CT molecular complexity index is 201. The van der Waals surface area contributed by atoms with Crippen molar-refractivity contribution in [2.75, 3.05) is 20.6 Å². The molecule has 0 aromatic rings. The van der Waals surface area contributed by atoms with Gasteiger partial charge in [-0.3, -0.25) is 0 Å². The highest BCUT2D eigenvalue weighted by Gasteiger charge is 2.30. The summed E-state index contributed by atoms with van der Waals surface area (Å²) in [5.74, 6) is 2.73. The van der Waals surface area contributed by atoms with Crippen LogP contribution in [0.4, 0.5) is 0 Å². The average Bonchev–Trinajstić information content (AvgIpc) is 2.17. The number of terminal acetylenes is 1. The minimum atomic E-state index is 0.145. The van der Waals surface area contributed by atoms with Crippen LogP contribution in [0.5, 0.6) is 0 Å². The predicted molar refractivity (Wildman–Crippen MR) is 67.9 cm³/mol. The van der Waals surface area contributed by atoms with Crippen molar-refractivity contribution >= 4 is 0 Å². The summed E-state index contributed by atoms with van der Waals surface area (Å²) in [7, 11) is 4.24. The lowest BCUT2D eigenvalue weighted by Crippen LogP contribution is -2.55. The maximum Gasteiger partial charge on any atom is 0.0300 e. The first-order chi connectivity index (χ1) is 6.96. The van der Waals surface area contributed by atoms with E-state index in [0.717, 1.165) is 25.8 Å². The Kier molecular flexibility index (Phi) is 6.63. The fourth-order valence-electron chi connectivity index (χ4n) is 1.56. The smallest absolute Gasteiger partial charge is 0.0300 e. The molecular formula is C13H26N2. The van der Waals surface area contributed by atoms with Crippen molar-refractivity contribution in [3.8, 4) is 12.3 Å². The number of likely N-dealkylation sites (N-methyl/N-ethyl adjacent to an activating group) is 1. The van der Waals surface area contributed by atoms with Gasteiger partial charge in [0.1, 0.15) is 0 Å². The van der Waals surface area contributed by atoms with E-state index in [0.29, 0.717) is 6.04 Å². The summed E-state index contributed by atoms with van der Waals surface area (Å²) in [6, 6.07) is 0.462. The van der Waals surface area contributed by atoms with Gasteiger partial charge in [-0.05, 0) is 47.3 Å². The lowest BCUT2D eigenvalue weighted by Gasteiger charge is -2.40. The van der Waals surface area contributed by atoms with E-state index in [1.807, 2.05) is 0 Å². The number of hydrogen-bond acceptors (Lipinski definition) is 2. The van der Waals surface area contributed by atoms with Crippen LogP contribution in [0.15, 0.2) is 0 Å². The van der Waals surface area contributed by atoms with Crippen LogP contribution in [-0.4, -0.2) is 37.1 Å². The van der Waals surface area contributed by atoms with Gasteiger partial charge in [0.15, 0.2) is 0 Å². The maximum absolute atomic E-state index is 5.33. The SMILES string of the molecule is C#CCCC(NCCC)C(C)(C)N(C)C. The van der Waals surface area contributed by atoms with E-state index in [4.69, 9.17) is 6.42 Å². The second-order valence-electron chi connectivity index (χ2n) is 4.80. The first-order valence-electron chi connectivity index (χ1n) is 5.81. The van der Waals surface area contributed by atoms with E-state index in [2.05, 4.69) is 51.0 Å². The van der Waals surface area contributed by atoms with Crippen LogP contribution in [0, 0.1) is 12.3 Å². The molecule has 0 aromatic heterocycles. The van der Waals surface area contributed by atoms with Gasteiger partial charge in [0, 0.05) is 18.0 Å². The monoisotopic (exact) mass is 210 g/mol. The Morgan fingerprint density at radius 3 is 2.40 bits per heavy atom. The zero-order valence-corrected chi connectivity index (χ0v) is 10.9. The zero-order chi connectivity index (χ0) is 11.9. The summed E-state index contributed by atoms with van der Waals surface area (Å²) < 4.78 is 0. The summed E-state index contributed by atoms with van der Waals surface area (Å²) in [6.45, 7) is 7.77. The number of nitrogens with zero attached hydrogens (tertiary/aromatic N) is 1. The van der Waals surface area contributed by atoms with E-state index < -0.39 is 0 Å². The van der Waals surface area contributed by atoms with Crippen molar-refractivity contribution in [3.05, 3.63) is 0 Å².